The zero-order valence-corrected chi connectivity index (χ0v) is 12.0. The van der Waals surface area contributed by atoms with Crippen molar-refractivity contribution in [2.24, 2.45) is 5.92 Å². The summed E-state index contributed by atoms with van der Waals surface area (Å²) in [6, 6.07) is 7.26. The first kappa shape index (κ1) is 16.7. The third-order valence-corrected chi connectivity index (χ3v) is 3.10. The van der Waals surface area contributed by atoms with E-state index in [1.165, 1.54) is 0 Å². The molecule has 0 aliphatic carbocycles. The lowest BCUT2D eigenvalue weighted by Gasteiger charge is -2.14. The van der Waals surface area contributed by atoms with Crippen LogP contribution >= 0.6 is 0 Å². The molecule has 0 aromatic heterocycles. The third kappa shape index (κ3) is 6.08. The SMILES string of the molecule is C=CCC(CC=C)C(=O)Nc1cccc(CCC(=O)O)c1. The van der Waals surface area contributed by atoms with Crippen LogP contribution in [0.3, 0.4) is 0 Å². The molecule has 2 N–H and O–H groups in total. The first-order valence-electron chi connectivity index (χ1n) is 6.90. The molecule has 1 amide bonds. The summed E-state index contributed by atoms with van der Waals surface area (Å²) in [6.07, 6.45) is 5.15. The van der Waals surface area contributed by atoms with Gasteiger partial charge in [-0.3, -0.25) is 9.59 Å². The van der Waals surface area contributed by atoms with E-state index in [1.807, 2.05) is 12.1 Å². The zero-order valence-electron chi connectivity index (χ0n) is 12.0. The number of aryl methyl sites for hydroxylation is 1. The lowest BCUT2D eigenvalue weighted by atomic mass is 10.00. The Morgan fingerprint density at radius 1 is 1.24 bits per heavy atom. The van der Waals surface area contributed by atoms with Gasteiger partial charge in [-0.25, -0.2) is 0 Å². The predicted molar refractivity (Wildman–Crippen MR) is 84.1 cm³/mol. The van der Waals surface area contributed by atoms with Crippen LogP contribution in [0.2, 0.25) is 0 Å². The topological polar surface area (TPSA) is 66.4 Å². The molecular weight excluding hydrogens is 266 g/mol. The zero-order chi connectivity index (χ0) is 15.7. The Morgan fingerprint density at radius 2 is 1.90 bits per heavy atom. The normalized spacial score (nSPS) is 10.1. The number of hydrogen-bond acceptors (Lipinski definition) is 2. The number of nitrogens with one attached hydrogen (secondary N) is 1. The number of carboxylic acid groups (broad SMARTS) is 1. The van der Waals surface area contributed by atoms with Gasteiger partial charge in [-0.2, -0.15) is 0 Å². The van der Waals surface area contributed by atoms with Crippen LogP contribution in [0.25, 0.3) is 0 Å². The fraction of sp³-hybridized carbons (Fsp3) is 0.294. The van der Waals surface area contributed by atoms with Crippen molar-refractivity contribution in [3.8, 4) is 0 Å². The van der Waals surface area contributed by atoms with Crippen molar-refractivity contribution >= 4 is 17.6 Å². The molecule has 0 unspecified atom stereocenters. The highest BCUT2D eigenvalue weighted by atomic mass is 16.4. The molecule has 21 heavy (non-hydrogen) atoms. The summed E-state index contributed by atoms with van der Waals surface area (Å²) in [6.45, 7) is 7.31. The van der Waals surface area contributed by atoms with Gasteiger partial charge in [0, 0.05) is 18.0 Å². The molecule has 0 bridgehead atoms. The second kappa shape index (κ2) is 8.74. The number of anilines is 1. The molecule has 4 heteroatoms. The third-order valence-electron chi connectivity index (χ3n) is 3.10. The minimum Gasteiger partial charge on any atom is -0.481 e. The van der Waals surface area contributed by atoms with Gasteiger partial charge < -0.3 is 10.4 Å². The van der Waals surface area contributed by atoms with E-state index >= 15 is 0 Å². The summed E-state index contributed by atoms with van der Waals surface area (Å²) in [7, 11) is 0. The van der Waals surface area contributed by atoms with Crippen LogP contribution in [0.15, 0.2) is 49.6 Å². The van der Waals surface area contributed by atoms with E-state index in [9.17, 15) is 9.59 Å². The van der Waals surface area contributed by atoms with Crippen molar-refractivity contribution < 1.29 is 14.7 Å². The van der Waals surface area contributed by atoms with Gasteiger partial charge >= 0.3 is 5.97 Å². The van der Waals surface area contributed by atoms with Crippen LogP contribution in [0.1, 0.15) is 24.8 Å². The lowest BCUT2D eigenvalue weighted by molar-refractivity contribution is -0.137. The Labute approximate surface area is 125 Å². The summed E-state index contributed by atoms with van der Waals surface area (Å²) in [5.74, 6) is -1.09. The van der Waals surface area contributed by atoms with Gasteiger partial charge in [0.25, 0.3) is 0 Å². The Bertz CT molecular complexity index is 513. The Balaban J connectivity index is 2.70. The molecule has 0 saturated carbocycles. The molecule has 1 aromatic carbocycles. The molecule has 0 aliphatic rings. The van der Waals surface area contributed by atoms with E-state index in [1.54, 1.807) is 24.3 Å². The van der Waals surface area contributed by atoms with E-state index in [4.69, 9.17) is 5.11 Å². The summed E-state index contributed by atoms with van der Waals surface area (Å²) >= 11 is 0. The number of carboxylic acids is 1. The highest BCUT2D eigenvalue weighted by molar-refractivity contribution is 5.92. The summed E-state index contributed by atoms with van der Waals surface area (Å²) in [4.78, 5) is 22.7. The van der Waals surface area contributed by atoms with E-state index in [0.29, 0.717) is 24.9 Å². The maximum Gasteiger partial charge on any atom is 0.303 e. The summed E-state index contributed by atoms with van der Waals surface area (Å²) < 4.78 is 0. The molecule has 112 valence electrons. The quantitative estimate of drug-likeness (QED) is 0.684. The monoisotopic (exact) mass is 287 g/mol. The van der Waals surface area contributed by atoms with Crippen LogP contribution in [0.4, 0.5) is 5.69 Å². The fourth-order valence-electron chi connectivity index (χ4n) is 2.01. The Morgan fingerprint density at radius 3 is 2.48 bits per heavy atom. The molecule has 0 fully saturated rings. The summed E-state index contributed by atoms with van der Waals surface area (Å²) in [5.41, 5.74) is 1.57. The van der Waals surface area contributed by atoms with Crippen molar-refractivity contribution in [1.82, 2.24) is 0 Å². The van der Waals surface area contributed by atoms with Crippen LogP contribution < -0.4 is 5.32 Å². The van der Waals surface area contributed by atoms with Gasteiger partial charge in [0.2, 0.25) is 5.91 Å². The minimum atomic E-state index is -0.832. The van der Waals surface area contributed by atoms with Crippen LogP contribution in [-0.2, 0) is 16.0 Å². The number of hydrogen-bond donors (Lipinski definition) is 2. The number of allylic oxidation sites excluding steroid dienone is 2. The Hall–Kier alpha value is -2.36. The summed E-state index contributed by atoms with van der Waals surface area (Å²) in [5, 5.41) is 11.5. The molecular formula is C17H21NO3. The van der Waals surface area contributed by atoms with Crippen LogP contribution in [0.5, 0.6) is 0 Å². The van der Waals surface area contributed by atoms with Crippen molar-refractivity contribution in [2.75, 3.05) is 5.32 Å². The van der Waals surface area contributed by atoms with Gasteiger partial charge in [-0.1, -0.05) is 24.3 Å². The first-order chi connectivity index (χ1) is 10.1. The molecule has 0 spiro atoms. The maximum absolute atomic E-state index is 12.2. The first-order valence-corrected chi connectivity index (χ1v) is 6.90. The number of rotatable bonds is 9. The van der Waals surface area contributed by atoms with Crippen molar-refractivity contribution in [3.63, 3.8) is 0 Å². The highest BCUT2D eigenvalue weighted by Gasteiger charge is 2.15. The molecule has 0 atom stereocenters. The average molecular weight is 287 g/mol. The van der Waals surface area contributed by atoms with E-state index in [-0.39, 0.29) is 18.2 Å². The van der Waals surface area contributed by atoms with Gasteiger partial charge in [-0.15, -0.1) is 13.2 Å². The smallest absolute Gasteiger partial charge is 0.303 e. The number of benzene rings is 1. The van der Waals surface area contributed by atoms with Crippen molar-refractivity contribution in [3.05, 3.63) is 55.1 Å². The standard InChI is InChI=1S/C17H21NO3/c1-3-6-14(7-4-2)17(21)18-15-9-5-8-13(12-15)10-11-16(19)20/h3-5,8-9,12,14H,1-2,6-7,10-11H2,(H,18,21)(H,19,20). The molecule has 1 rings (SSSR count). The lowest BCUT2D eigenvalue weighted by Crippen LogP contribution is -2.22. The molecule has 0 aliphatic heterocycles. The van der Waals surface area contributed by atoms with Crippen LogP contribution in [0, 0.1) is 5.92 Å². The van der Waals surface area contributed by atoms with Crippen molar-refractivity contribution in [1.29, 1.82) is 0 Å². The second-order valence-corrected chi connectivity index (χ2v) is 4.83. The second-order valence-electron chi connectivity index (χ2n) is 4.83. The van der Waals surface area contributed by atoms with Gasteiger partial charge in [0.05, 0.1) is 0 Å². The maximum atomic E-state index is 12.2. The van der Waals surface area contributed by atoms with Crippen molar-refractivity contribution in [2.45, 2.75) is 25.7 Å². The van der Waals surface area contributed by atoms with E-state index in [0.717, 1.165) is 5.56 Å². The molecule has 4 nitrogen and oxygen atoms in total. The number of carbonyl (C=O) groups is 2. The average Bonchev–Trinajstić information content (AvgIpc) is 2.45. The number of carbonyl (C=O) groups excluding carboxylic acids is 1. The number of aliphatic carboxylic acids is 1. The minimum absolute atomic E-state index is 0.0763. The molecule has 0 heterocycles. The van der Waals surface area contributed by atoms with Gasteiger partial charge in [0.15, 0.2) is 0 Å². The fourth-order valence-corrected chi connectivity index (χ4v) is 2.01. The molecule has 0 radical (unpaired) electrons. The van der Waals surface area contributed by atoms with Gasteiger partial charge in [0.1, 0.15) is 0 Å². The predicted octanol–water partition coefficient (Wildman–Crippen LogP) is 3.41. The molecule has 0 saturated heterocycles. The highest BCUT2D eigenvalue weighted by Crippen LogP contribution is 2.16. The molecule has 1 aromatic rings. The number of amides is 1. The van der Waals surface area contributed by atoms with E-state index < -0.39 is 5.97 Å². The largest absolute Gasteiger partial charge is 0.481 e. The van der Waals surface area contributed by atoms with Crippen LogP contribution in [-0.4, -0.2) is 17.0 Å². The van der Waals surface area contributed by atoms with Gasteiger partial charge in [-0.05, 0) is 37.0 Å². The van der Waals surface area contributed by atoms with E-state index in [2.05, 4.69) is 18.5 Å². The Kier molecular flexibility index (Phi) is 6.95.